The standard InChI is InChI=1S/C19H26N2O3/c1-13(2)12-21-9-3-7-19(18(21)23)8-6-14-10-15(17(22)20-24)4-5-16(14)11-19/h4-5,10,13,24H,3,6-9,11-12H2,1-2H3,(H,20,22)/t19-/m1/s1. The Bertz CT molecular complexity index is 656. The van der Waals surface area contributed by atoms with Gasteiger partial charge in [0, 0.05) is 18.7 Å². The maximum atomic E-state index is 13.1. The average Bonchev–Trinajstić information content (AvgIpc) is 2.57. The Hall–Kier alpha value is -1.88. The van der Waals surface area contributed by atoms with Crippen molar-refractivity contribution < 1.29 is 14.8 Å². The van der Waals surface area contributed by atoms with Crippen molar-refractivity contribution in [2.75, 3.05) is 13.1 Å². The zero-order valence-electron chi connectivity index (χ0n) is 14.5. The van der Waals surface area contributed by atoms with Gasteiger partial charge in [0.1, 0.15) is 0 Å². The maximum Gasteiger partial charge on any atom is 0.274 e. The molecule has 1 fully saturated rings. The van der Waals surface area contributed by atoms with Gasteiger partial charge in [-0.2, -0.15) is 0 Å². The maximum absolute atomic E-state index is 13.1. The van der Waals surface area contributed by atoms with Crippen molar-refractivity contribution in [1.29, 1.82) is 0 Å². The average molecular weight is 330 g/mol. The summed E-state index contributed by atoms with van der Waals surface area (Å²) in [7, 11) is 0. The first kappa shape index (κ1) is 17.0. The Morgan fingerprint density at radius 1 is 1.33 bits per heavy atom. The molecule has 5 heteroatoms. The first-order chi connectivity index (χ1) is 11.4. The highest BCUT2D eigenvalue weighted by Gasteiger charge is 2.45. The van der Waals surface area contributed by atoms with Crippen LogP contribution in [0.1, 0.15) is 54.6 Å². The number of amides is 2. The largest absolute Gasteiger partial charge is 0.342 e. The third-order valence-electron chi connectivity index (χ3n) is 5.38. The number of hydrogen-bond donors (Lipinski definition) is 2. The van der Waals surface area contributed by atoms with E-state index < -0.39 is 5.91 Å². The molecule has 1 atom stereocenters. The van der Waals surface area contributed by atoms with E-state index >= 15 is 0 Å². The summed E-state index contributed by atoms with van der Waals surface area (Å²) < 4.78 is 0. The molecule has 1 aromatic carbocycles. The number of carbonyl (C=O) groups excluding carboxylic acids is 2. The van der Waals surface area contributed by atoms with Gasteiger partial charge in [-0.15, -0.1) is 0 Å². The van der Waals surface area contributed by atoms with Crippen molar-refractivity contribution >= 4 is 11.8 Å². The monoisotopic (exact) mass is 330 g/mol. The third kappa shape index (κ3) is 3.05. The van der Waals surface area contributed by atoms with E-state index in [0.717, 1.165) is 56.3 Å². The summed E-state index contributed by atoms with van der Waals surface area (Å²) in [6, 6.07) is 5.50. The number of rotatable bonds is 3. The second-order valence-corrected chi connectivity index (χ2v) is 7.63. The van der Waals surface area contributed by atoms with E-state index in [1.807, 2.05) is 17.0 Å². The van der Waals surface area contributed by atoms with E-state index in [1.165, 1.54) is 0 Å². The zero-order valence-corrected chi connectivity index (χ0v) is 14.5. The molecule has 0 radical (unpaired) electrons. The minimum atomic E-state index is -0.491. The van der Waals surface area contributed by atoms with E-state index in [2.05, 4.69) is 13.8 Å². The van der Waals surface area contributed by atoms with E-state index in [0.29, 0.717) is 17.4 Å². The summed E-state index contributed by atoms with van der Waals surface area (Å²) in [5, 5.41) is 8.78. The van der Waals surface area contributed by atoms with E-state index in [9.17, 15) is 9.59 Å². The summed E-state index contributed by atoms with van der Waals surface area (Å²) in [5.74, 6) is 0.305. The second kappa shape index (κ2) is 6.55. The molecular formula is C19H26N2O3. The predicted octanol–water partition coefficient (Wildman–Crippen LogP) is 2.56. The number of benzene rings is 1. The highest BCUT2D eigenvalue weighted by atomic mass is 16.5. The van der Waals surface area contributed by atoms with Gasteiger partial charge in [0.05, 0.1) is 5.41 Å². The fraction of sp³-hybridized carbons (Fsp3) is 0.579. The molecule has 2 aliphatic rings. The number of aryl methyl sites for hydroxylation is 1. The van der Waals surface area contributed by atoms with Gasteiger partial charge in [-0.05, 0) is 61.3 Å². The number of piperidine rings is 1. The summed E-state index contributed by atoms with van der Waals surface area (Å²) in [5.41, 5.74) is 4.16. The van der Waals surface area contributed by atoms with Crippen molar-refractivity contribution in [3.63, 3.8) is 0 Å². The molecule has 24 heavy (non-hydrogen) atoms. The summed E-state index contributed by atoms with van der Waals surface area (Å²) in [4.78, 5) is 26.7. The Labute approximate surface area is 143 Å². The Kier molecular flexibility index (Phi) is 4.63. The molecule has 1 aliphatic heterocycles. The number of hydrogen-bond acceptors (Lipinski definition) is 3. The van der Waals surface area contributed by atoms with Crippen molar-refractivity contribution in [2.24, 2.45) is 11.3 Å². The van der Waals surface area contributed by atoms with Gasteiger partial charge in [0.15, 0.2) is 0 Å². The number of fused-ring (bicyclic) bond motifs is 1. The molecule has 2 amide bonds. The minimum Gasteiger partial charge on any atom is -0.342 e. The third-order valence-corrected chi connectivity index (χ3v) is 5.38. The number of likely N-dealkylation sites (tertiary alicyclic amines) is 1. The molecule has 1 heterocycles. The lowest BCUT2D eigenvalue weighted by atomic mass is 9.66. The first-order valence-electron chi connectivity index (χ1n) is 8.81. The highest BCUT2D eigenvalue weighted by Crippen LogP contribution is 2.43. The molecule has 130 valence electrons. The molecule has 3 rings (SSSR count). The quantitative estimate of drug-likeness (QED) is 0.661. The molecule has 0 saturated carbocycles. The Morgan fingerprint density at radius 3 is 2.83 bits per heavy atom. The van der Waals surface area contributed by atoms with Crippen LogP contribution in [0.5, 0.6) is 0 Å². The van der Waals surface area contributed by atoms with Gasteiger partial charge < -0.3 is 4.90 Å². The zero-order chi connectivity index (χ0) is 17.3. The van der Waals surface area contributed by atoms with Crippen molar-refractivity contribution in [3.05, 3.63) is 34.9 Å². The van der Waals surface area contributed by atoms with Crippen LogP contribution in [0.2, 0.25) is 0 Å². The first-order valence-corrected chi connectivity index (χ1v) is 8.81. The summed E-state index contributed by atoms with van der Waals surface area (Å²) in [6.45, 7) is 6.02. The predicted molar refractivity (Wildman–Crippen MR) is 90.8 cm³/mol. The molecular weight excluding hydrogens is 304 g/mol. The minimum absolute atomic E-state index is 0.263. The number of nitrogens with zero attached hydrogens (tertiary/aromatic N) is 1. The normalized spacial score (nSPS) is 23.5. The van der Waals surface area contributed by atoms with Gasteiger partial charge >= 0.3 is 0 Å². The van der Waals surface area contributed by atoms with E-state index in [1.54, 1.807) is 11.5 Å². The molecule has 1 spiro atoms. The van der Waals surface area contributed by atoms with Crippen LogP contribution in [0.4, 0.5) is 0 Å². The van der Waals surface area contributed by atoms with Gasteiger partial charge in [-0.25, -0.2) is 5.48 Å². The lowest BCUT2D eigenvalue weighted by Crippen LogP contribution is -2.52. The van der Waals surface area contributed by atoms with Crippen LogP contribution in [-0.2, 0) is 17.6 Å². The van der Waals surface area contributed by atoms with Gasteiger partial charge in [-0.1, -0.05) is 19.9 Å². The Balaban J connectivity index is 1.83. The topological polar surface area (TPSA) is 69.6 Å². The van der Waals surface area contributed by atoms with E-state index in [-0.39, 0.29) is 5.41 Å². The van der Waals surface area contributed by atoms with Crippen LogP contribution in [0.15, 0.2) is 18.2 Å². The SMILES string of the molecule is CC(C)CN1CCC[C@]2(CCc3cc(C(=O)NO)ccc3C2)C1=O. The molecule has 5 nitrogen and oxygen atoms in total. The fourth-order valence-electron chi connectivity index (χ4n) is 4.23. The fourth-order valence-corrected chi connectivity index (χ4v) is 4.23. The number of carbonyl (C=O) groups is 2. The molecule has 0 bridgehead atoms. The lowest BCUT2D eigenvalue weighted by molar-refractivity contribution is -0.148. The second-order valence-electron chi connectivity index (χ2n) is 7.63. The van der Waals surface area contributed by atoms with Gasteiger partial charge in [0.2, 0.25) is 5.91 Å². The van der Waals surface area contributed by atoms with Crippen LogP contribution >= 0.6 is 0 Å². The summed E-state index contributed by atoms with van der Waals surface area (Å²) >= 11 is 0. The van der Waals surface area contributed by atoms with Crippen LogP contribution in [0.25, 0.3) is 0 Å². The van der Waals surface area contributed by atoms with Gasteiger partial charge in [0.25, 0.3) is 5.91 Å². The molecule has 1 aliphatic carbocycles. The van der Waals surface area contributed by atoms with Crippen LogP contribution < -0.4 is 5.48 Å². The molecule has 0 unspecified atom stereocenters. The molecule has 0 aromatic heterocycles. The van der Waals surface area contributed by atoms with Crippen LogP contribution in [0, 0.1) is 11.3 Å². The van der Waals surface area contributed by atoms with Crippen molar-refractivity contribution in [3.8, 4) is 0 Å². The number of hydroxylamine groups is 1. The van der Waals surface area contributed by atoms with Crippen molar-refractivity contribution in [2.45, 2.75) is 46.0 Å². The summed E-state index contributed by atoms with van der Waals surface area (Å²) in [6.07, 6.45) is 4.44. The Morgan fingerprint density at radius 2 is 2.12 bits per heavy atom. The molecule has 1 saturated heterocycles. The van der Waals surface area contributed by atoms with Crippen LogP contribution in [-0.4, -0.2) is 35.0 Å². The van der Waals surface area contributed by atoms with Crippen LogP contribution in [0.3, 0.4) is 0 Å². The highest BCUT2D eigenvalue weighted by molar-refractivity contribution is 5.93. The molecule has 2 N–H and O–H groups in total. The van der Waals surface area contributed by atoms with E-state index in [4.69, 9.17) is 5.21 Å². The smallest absolute Gasteiger partial charge is 0.274 e. The van der Waals surface area contributed by atoms with Crippen molar-refractivity contribution in [1.82, 2.24) is 10.4 Å². The number of nitrogens with one attached hydrogen (secondary N) is 1. The molecule has 1 aromatic rings. The van der Waals surface area contributed by atoms with Gasteiger partial charge in [-0.3, -0.25) is 14.8 Å². The lowest BCUT2D eigenvalue weighted by Gasteiger charge is -2.45.